The Bertz CT molecular complexity index is 839. The van der Waals surface area contributed by atoms with E-state index in [0.29, 0.717) is 21.8 Å². The van der Waals surface area contributed by atoms with Crippen LogP contribution in [0.25, 0.3) is 0 Å². The fourth-order valence-corrected chi connectivity index (χ4v) is 3.96. The molecule has 0 aliphatic carbocycles. The summed E-state index contributed by atoms with van der Waals surface area (Å²) < 4.78 is 13.1. The van der Waals surface area contributed by atoms with Gasteiger partial charge in [0, 0.05) is 16.2 Å². The van der Waals surface area contributed by atoms with Gasteiger partial charge in [-0.05, 0) is 37.1 Å². The van der Waals surface area contributed by atoms with E-state index in [-0.39, 0.29) is 6.42 Å². The minimum Gasteiger partial charge on any atom is -0.249 e. The Morgan fingerprint density at radius 3 is 2.50 bits per heavy atom. The average molecular weight is 333 g/mol. The first-order valence-electron chi connectivity index (χ1n) is 7.61. The highest BCUT2D eigenvalue weighted by Crippen LogP contribution is 2.36. The van der Waals surface area contributed by atoms with Gasteiger partial charge in [-0.2, -0.15) is 5.26 Å². The van der Waals surface area contributed by atoms with Crippen molar-refractivity contribution in [1.82, 2.24) is 0 Å². The van der Waals surface area contributed by atoms with Crippen molar-refractivity contribution in [2.75, 3.05) is 0 Å². The highest BCUT2D eigenvalue weighted by atomic mass is 32.2. The molecule has 24 heavy (non-hydrogen) atoms. The maximum Gasteiger partial charge on any atom is 0.0976 e. The maximum absolute atomic E-state index is 13.1. The van der Waals surface area contributed by atoms with E-state index in [1.165, 1.54) is 0 Å². The molecule has 0 unspecified atom stereocenters. The van der Waals surface area contributed by atoms with Crippen molar-refractivity contribution >= 4 is 10.8 Å². The lowest BCUT2D eigenvalue weighted by atomic mass is 9.76. The van der Waals surface area contributed by atoms with E-state index in [0.717, 1.165) is 5.56 Å². The summed E-state index contributed by atoms with van der Waals surface area (Å²) in [5, 5.41) is 9.81. The third kappa shape index (κ3) is 3.48. The number of hydrogen-bond donors (Lipinski definition) is 0. The number of nitriles is 1. The first kappa shape index (κ1) is 17.7. The molecule has 0 aliphatic rings. The van der Waals surface area contributed by atoms with E-state index < -0.39 is 16.2 Å². The van der Waals surface area contributed by atoms with Crippen LogP contribution in [-0.4, -0.2) is 4.21 Å². The number of aryl methyl sites for hydroxylation is 1. The van der Waals surface area contributed by atoms with Crippen molar-refractivity contribution in [3.63, 3.8) is 0 Å². The van der Waals surface area contributed by atoms with Gasteiger partial charge in [-0.3, -0.25) is 0 Å². The molecule has 0 aromatic heterocycles. The average Bonchev–Trinajstić information content (AvgIpc) is 2.61. The Hall–Kier alpha value is -2.62. The van der Waals surface area contributed by atoms with Gasteiger partial charge >= 0.3 is 0 Å². The zero-order valence-electron chi connectivity index (χ0n) is 13.7. The molecule has 0 aliphatic heterocycles. The Balaban J connectivity index is 2.60. The smallest absolute Gasteiger partial charge is 0.0976 e. The first-order chi connectivity index (χ1) is 11.6. The van der Waals surface area contributed by atoms with E-state index in [9.17, 15) is 9.47 Å². The summed E-state index contributed by atoms with van der Waals surface area (Å²) in [7, 11) is -1.38. The summed E-state index contributed by atoms with van der Waals surface area (Å²) in [6.07, 6.45) is 7.85. The minimum atomic E-state index is -1.38. The molecular weight excluding hydrogens is 314 g/mol. The second kappa shape index (κ2) is 7.77. The lowest BCUT2D eigenvalue weighted by Gasteiger charge is -2.26. The molecule has 0 radical (unpaired) electrons. The molecule has 0 spiro atoms. The topological polar surface area (TPSA) is 40.9 Å². The summed E-state index contributed by atoms with van der Waals surface area (Å²) in [6, 6.07) is 17.2. The van der Waals surface area contributed by atoms with Crippen molar-refractivity contribution < 1.29 is 4.21 Å². The van der Waals surface area contributed by atoms with Gasteiger partial charge in [0.25, 0.3) is 0 Å². The van der Waals surface area contributed by atoms with Crippen LogP contribution in [0, 0.1) is 30.6 Å². The minimum absolute atomic E-state index is 0.248. The van der Waals surface area contributed by atoms with Gasteiger partial charge in [0.15, 0.2) is 0 Å². The Kier molecular flexibility index (Phi) is 5.74. The largest absolute Gasteiger partial charge is 0.249 e. The third-order valence-electron chi connectivity index (χ3n) is 3.95. The van der Waals surface area contributed by atoms with Crippen LogP contribution >= 0.6 is 0 Å². The molecule has 0 N–H and O–H groups in total. The molecule has 0 saturated heterocycles. The van der Waals surface area contributed by atoms with E-state index >= 15 is 0 Å². The van der Waals surface area contributed by atoms with Gasteiger partial charge < -0.3 is 0 Å². The molecular formula is C21H19NOS. The lowest BCUT2D eigenvalue weighted by Crippen LogP contribution is -2.25. The van der Waals surface area contributed by atoms with Gasteiger partial charge in [0.1, 0.15) is 0 Å². The van der Waals surface area contributed by atoms with E-state index in [1.807, 2.05) is 49.4 Å². The number of terminal acetylenes is 1. The normalized spacial score (nSPS) is 14.0. The number of benzene rings is 2. The van der Waals surface area contributed by atoms with Crippen molar-refractivity contribution in [3.05, 3.63) is 72.3 Å². The highest BCUT2D eigenvalue weighted by molar-refractivity contribution is 7.85. The first-order valence-corrected chi connectivity index (χ1v) is 8.76. The maximum atomic E-state index is 13.1. The van der Waals surface area contributed by atoms with Gasteiger partial charge in [0.05, 0.1) is 22.3 Å². The molecule has 120 valence electrons. The fraction of sp³-hybridized carbons (Fsp3) is 0.190. The number of nitrogens with zero attached hydrogens (tertiary/aromatic N) is 1. The standard InChI is InChI=1S/C21H19NOS/c1-4-14-21(16-22,15-5-2)19-8-6-7-9-20(19)24(23)18-12-10-17(3)11-13-18/h1,5-13H,2,14-15H2,3H3/t21-,24-/m0/s1. The number of rotatable bonds is 6. The van der Waals surface area contributed by atoms with Gasteiger partial charge in [-0.25, -0.2) is 4.21 Å². The molecule has 2 rings (SSSR count). The molecule has 0 saturated carbocycles. The molecule has 0 heterocycles. The molecule has 2 nitrogen and oxygen atoms in total. The van der Waals surface area contributed by atoms with Crippen LogP contribution < -0.4 is 0 Å². The quantitative estimate of drug-likeness (QED) is 0.576. The van der Waals surface area contributed by atoms with Gasteiger partial charge in [-0.1, -0.05) is 42.0 Å². The Morgan fingerprint density at radius 1 is 1.25 bits per heavy atom. The monoisotopic (exact) mass is 333 g/mol. The fourth-order valence-electron chi connectivity index (χ4n) is 2.66. The lowest BCUT2D eigenvalue weighted by molar-refractivity contribution is 0.561. The zero-order valence-corrected chi connectivity index (χ0v) is 14.5. The van der Waals surface area contributed by atoms with Gasteiger partial charge in [0.2, 0.25) is 0 Å². The number of allylic oxidation sites excluding steroid dienone is 1. The summed E-state index contributed by atoms with van der Waals surface area (Å²) in [5.74, 6) is 2.59. The third-order valence-corrected chi connectivity index (χ3v) is 5.40. The predicted molar refractivity (Wildman–Crippen MR) is 97.9 cm³/mol. The predicted octanol–water partition coefficient (Wildman–Crippen LogP) is 4.52. The Morgan fingerprint density at radius 2 is 1.92 bits per heavy atom. The van der Waals surface area contributed by atoms with Crippen LogP contribution in [0.15, 0.2) is 71.0 Å². The van der Waals surface area contributed by atoms with Crippen LogP contribution in [0.1, 0.15) is 24.0 Å². The summed E-state index contributed by atoms with van der Waals surface area (Å²) in [4.78, 5) is 1.33. The summed E-state index contributed by atoms with van der Waals surface area (Å²) >= 11 is 0. The van der Waals surface area contributed by atoms with Crippen molar-refractivity contribution in [2.24, 2.45) is 0 Å². The van der Waals surface area contributed by atoms with Crippen molar-refractivity contribution in [2.45, 2.75) is 35.0 Å². The van der Waals surface area contributed by atoms with Crippen LogP contribution in [0.2, 0.25) is 0 Å². The molecule has 3 heteroatoms. The second-order valence-corrected chi connectivity index (χ2v) is 7.09. The van der Waals surface area contributed by atoms with Crippen LogP contribution in [-0.2, 0) is 16.2 Å². The van der Waals surface area contributed by atoms with Crippen LogP contribution in [0.4, 0.5) is 0 Å². The molecule has 0 fully saturated rings. The van der Waals surface area contributed by atoms with E-state index in [2.05, 4.69) is 18.6 Å². The second-order valence-electron chi connectivity index (χ2n) is 5.65. The highest BCUT2D eigenvalue weighted by Gasteiger charge is 2.33. The SMILES string of the molecule is C#CC[C@@](C#N)(CC=C)c1ccccc1[S@@](=O)c1ccc(C)cc1. The summed E-state index contributed by atoms with van der Waals surface area (Å²) in [6.45, 7) is 5.73. The molecule has 0 bridgehead atoms. The number of hydrogen-bond acceptors (Lipinski definition) is 2. The Labute approximate surface area is 146 Å². The van der Waals surface area contributed by atoms with E-state index in [1.54, 1.807) is 12.1 Å². The molecule has 2 aromatic rings. The van der Waals surface area contributed by atoms with Crippen LogP contribution in [0.5, 0.6) is 0 Å². The van der Waals surface area contributed by atoms with Gasteiger partial charge in [-0.15, -0.1) is 18.9 Å². The molecule has 2 aromatic carbocycles. The summed E-state index contributed by atoms with van der Waals surface area (Å²) in [5.41, 5.74) is 0.909. The van der Waals surface area contributed by atoms with Crippen molar-refractivity contribution in [1.29, 1.82) is 5.26 Å². The molecule has 0 amide bonds. The molecule has 2 atom stereocenters. The zero-order chi connectivity index (χ0) is 17.6. The van der Waals surface area contributed by atoms with E-state index in [4.69, 9.17) is 6.42 Å². The van der Waals surface area contributed by atoms with Crippen molar-refractivity contribution in [3.8, 4) is 18.4 Å². The van der Waals surface area contributed by atoms with Crippen LogP contribution in [0.3, 0.4) is 0 Å².